The number of carbonyl (C=O) groups excluding carboxylic acids is 1. The van der Waals surface area contributed by atoms with Crippen molar-refractivity contribution in [2.75, 3.05) is 13.1 Å². The molecule has 7 nitrogen and oxygen atoms in total. The Bertz CT molecular complexity index is 1170. The van der Waals surface area contributed by atoms with Gasteiger partial charge in [-0.2, -0.15) is 13.2 Å². The van der Waals surface area contributed by atoms with Crippen molar-refractivity contribution >= 4 is 5.91 Å². The molecule has 1 atom stereocenters. The Morgan fingerprint density at radius 1 is 1.15 bits per heavy atom. The van der Waals surface area contributed by atoms with Crippen LogP contribution in [-0.2, 0) is 12.6 Å². The number of halogens is 3. The highest BCUT2D eigenvalue weighted by atomic mass is 19.4. The number of aromatic nitrogens is 4. The molecule has 34 heavy (non-hydrogen) atoms. The standard InChI is InChI=1S/C24H24F3N5O2/c1-3-16-11-17(24(25,26)27)13-31-22(16)34-18-6-4-9-32(14-18)23(33)19-10-15(2)12-30-20(19)21-28-7-5-8-29-21/h5,7-8,10-13,18H,3-4,6,9,14H2,1-2H3. The summed E-state index contributed by atoms with van der Waals surface area (Å²) in [6.07, 6.45) is 2.46. The molecule has 1 saturated heterocycles. The van der Waals surface area contributed by atoms with Gasteiger partial charge in [-0.15, -0.1) is 0 Å². The number of piperidine rings is 1. The summed E-state index contributed by atoms with van der Waals surface area (Å²) in [6, 6.07) is 4.52. The van der Waals surface area contributed by atoms with E-state index in [0.29, 0.717) is 48.5 Å². The maximum absolute atomic E-state index is 13.5. The van der Waals surface area contributed by atoms with Crippen LogP contribution in [0.5, 0.6) is 5.88 Å². The van der Waals surface area contributed by atoms with Crippen LogP contribution in [0, 0.1) is 6.92 Å². The highest BCUT2D eigenvalue weighted by molar-refractivity contribution is 5.99. The highest BCUT2D eigenvalue weighted by Gasteiger charge is 2.33. The molecule has 0 aromatic carbocycles. The number of alkyl halides is 3. The minimum Gasteiger partial charge on any atom is -0.472 e. The molecule has 0 spiro atoms. The number of hydrogen-bond acceptors (Lipinski definition) is 6. The topological polar surface area (TPSA) is 81.1 Å². The Morgan fingerprint density at radius 2 is 1.91 bits per heavy atom. The van der Waals surface area contributed by atoms with Crippen LogP contribution in [0.3, 0.4) is 0 Å². The fraction of sp³-hybridized carbons (Fsp3) is 0.375. The van der Waals surface area contributed by atoms with Crippen molar-refractivity contribution in [2.45, 2.75) is 45.4 Å². The molecular formula is C24H24F3N5O2. The maximum atomic E-state index is 13.5. The van der Waals surface area contributed by atoms with E-state index in [4.69, 9.17) is 4.74 Å². The van der Waals surface area contributed by atoms with Gasteiger partial charge in [0.1, 0.15) is 11.8 Å². The fourth-order valence-corrected chi connectivity index (χ4v) is 3.89. The summed E-state index contributed by atoms with van der Waals surface area (Å²) in [5.41, 5.74) is 1.20. The Morgan fingerprint density at radius 3 is 2.62 bits per heavy atom. The van der Waals surface area contributed by atoms with Gasteiger partial charge in [0.2, 0.25) is 5.88 Å². The molecule has 1 aliphatic heterocycles. The summed E-state index contributed by atoms with van der Waals surface area (Å²) in [7, 11) is 0. The smallest absolute Gasteiger partial charge is 0.417 e. The van der Waals surface area contributed by atoms with Crippen molar-refractivity contribution in [3.05, 3.63) is 65.2 Å². The molecule has 0 saturated carbocycles. The number of carbonyl (C=O) groups is 1. The lowest BCUT2D eigenvalue weighted by Crippen LogP contribution is -2.44. The molecule has 1 aliphatic rings. The Hall–Kier alpha value is -3.56. The third-order valence-electron chi connectivity index (χ3n) is 5.61. The van der Waals surface area contributed by atoms with E-state index < -0.39 is 11.7 Å². The molecule has 10 heteroatoms. The first-order chi connectivity index (χ1) is 16.3. The molecule has 0 bridgehead atoms. The molecule has 4 rings (SSSR count). The third kappa shape index (κ3) is 5.16. The van der Waals surface area contributed by atoms with Gasteiger partial charge in [-0.05, 0) is 49.9 Å². The van der Waals surface area contributed by atoms with E-state index >= 15 is 0 Å². The lowest BCUT2D eigenvalue weighted by Gasteiger charge is -2.33. The van der Waals surface area contributed by atoms with E-state index in [1.807, 2.05) is 6.92 Å². The number of ether oxygens (including phenoxy) is 1. The number of aryl methyl sites for hydroxylation is 2. The molecule has 0 radical (unpaired) electrons. The zero-order valence-corrected chi connectivity index (χ0v) is 18.8. The van der Waals surface area contributed by atoms with Gasteiger partial charge in [0.05, 0.1) is 17.7 Å². The van der Waals surface area contributed by atoms with Gasteiger partial charge in [0.25, 0.3) is 5.91 Å². The van der Waals surface area contributed by atoms with Gasteiger partial charge in [-0.1, -0.05) is 6.92 Å². The monoisotopic (exact) mass is 471 g/mol. The summed E-state index contributed by atoms with van der Waals surface area (Å²) in [5, 5.41) is 0. The second kappa shape index (κ2) is 9.74. The van der Waals surface area contributed by atoms with Crippen LogP contribution in [0.15, 0.2) is 43.0 Å². The lowest BCUT2D eigenvalue weighted by atomic mass is 10.0. The van der Waals surface area contributed by atoms with Crippen molar-refractivity contribution in [2.24, 2.45) is 0 Å². The zero-order valence-electron chi connectivity index (χ0n) is 18.8. The van der Waals surface area contributed by atoms with E-state index in [0.717, 1.165) is 17.8 Å². The Balaban J connectivity index is 1.54. The molecule has 3 aromatic heterocycles. The molecule has 3 aromatic rings. The van der Waals surface area contributed by atoms with E-state index in [1.165, 1.54) is 0 Å². The number of rotatable bonds is 5. The molecule has 4 heterocycles. The quantitative estimate of drug-likeness (QED) is 0.545. The van der Waals surface area contributed by atoms with E-state index in [2.05, 4.69) is 19.9 Å². The number of likely N-dealkylation sites (tertiary alicyclic amines) is 1. The normalized spacial score (nSPS) is 16.4. The average molecular weight is 471 g/mol. The molecular weight excluding hydrogens is 447 g/mol. The Kier molecular flexibility index (Phi) is 6.76. The predicted molar refractivity (Wildman–Crippen MR) is 118 cm³/mol. The number of hydrogen-bond donors (Lipinski definition) is 0. The van der Waals surface area contributed by atoms with Crippen molar-refractivity contribution in [3.63, 3.8) is 0 Å². The Labute approximate surface area is 195 Å². The largest absolute Gasteiger partial charge is 0.472 e. The van der Waals surface area contributed by atoms with Gasteiger partial charge in [0, 0.05) is 36.9 Å². The average Bonchev–Trinajstić information content (AvgIpc) is 2.84. The number of nitrogens with zero attached hydrogens (tertiary/aromatic N) is 5. The van der Waals surface area contributed by atoms with Gasteiger partial charge < -0.3 is 9.64 Å². The van der Waals surface area contributed by atoms with Crippen LogP contribution in [0.1, 0.15) is 46.8 Å². The summed E-state index contributed by atoms with van der Waals surface area (Å²) in [4.78, 5) is 31.9. The molecule has 1 fully saturated rings. The molecule has 1 unspecified atom stereocenters. The fourth-order valence-electron chi connectivity index (χ4n) is 3.89. The van der Waals surface area contributed by atoms with Crippen molar-refractivity contribution < 1.29 is 22.7 Å². The highest BCUT2D eigenvalue weighted by Crippen LogP contribution is 2.32. The van der Waals surface area contributed by atoms with Gasteiger partial charge in [-0.3, -0.25) is 9.78 Å². The molecule has 0 N–H and O–H groups in total. The first-order valence-electron chi connectivity index (χ1n) is 11.0. The summed E-state index contributed by atoms with van der Waals surface area (Å²) in [6.45, 7) is 4.42. The van der Waals surface area contributed by atoms with Crippen LogP contribution in [0.2, 0.25) is 0 Å². The second-order valence-electron chi connectivity index (χ2n) is 8.15. The first-order valence-corrected chi connectivity index (χ1v) is 11.0. The SMILES string of the molecule is CCc1cc(C(F)(F)F)cnc1OC1CCCN(C(=O)c2cc(C)cnc2-c2ncccn2)C1. The van der Waals surface area contributed by atoms with Crippen LogP contribution in [-0.4, -0.2) is 49.9 Å². The summed E-state index contributed by atoms with van der Waals surface area (Å²) >= 11 is 0. The maximum Gasteiger partial charge on any atom is 0.417 e. The molecule has 178 valence electrons. The van der Waals surface area contributed by atoms with Crippen LogP contribution < -0.4 is 4.74 Å². The lowest BCUT2D eigenvalue weighted by molar-refractivity contribution is -0.137. The van der Waals surface area contributed by atoms with Gasteiger partial charge >= 0.3 is 6.18 Å². The first kappa shape index (κ1) is 23.6. The summed E-state index contributed by atoms with van der Waals surface area (Å²) < 4.78 is 45.1. The molecule has 0 aliphatic carbocycles. The number of amides is 1. The third-order valence-corrected chi connectivity index (χ3v) is 5.61. The predicted octanol–water partition coefficient (Wildman–Crippen LogP) is 4.51. The summed E-state index contributed by atoms with van der Waals surface area (Å²) in [5.74, 6) is 0.311. The van der Waals surface area contributed by atoms with E-state index in [1.54, 1.807) is 42.5 Å². The van der Waals surface area contributed by atoms with Crippen LogP contribution in [0.4, 0.5) is 13.2 Å². The van der Waals surface area contributed by atoms with Crippen molar-refractivity contribution in [1.82, 2.24) is 24.8 Å². The van der Waals surface area contributed by atoms with E-state index in [9.17, 15) is 18.0 Å². The van der Waals surface area contributed by atoms with Crippen LogP contribution in [0.25, 0.3) is 11.5 Å². The minimum atomic E-state index is -4.47. The number of pyridine rings is 2. The van der Waals surface area contributed by atoms with Gasteiger partial charge in [0.15, 0.2) is 5.82 Å². The van der Waals surface area contributed by atoms with Crippen molar-refractivity contribution in [1.29, 1.82) is 0 Å². The second-order valence-corrected chi connectivity index (χ2v) is 8.15. The minimum absolute atomic E-state index is 0.172. The zero-order chi connectivity index (χ0) is 24.3. The van der Waals surface area contributed by atoms with Gasteiger partial charge in [-0.25, -0.2) is 15.0 Å². The molecule has 1 amide bonds. The van der Waals surface area contributed by atoms with Crippen LogP contribution >= 0.6 is 0 Å². The van der Waals surface area contributed by atoms with E-state index in [-0.39, 0.29) is 24.4 Å². The van der Waals surface area contributed by atoms with Crippen molar-refractivity contribution in [3.8, 4) is 17.4 Å².